The van der Waals surface area contributed by atoms with Gasteiger partial charge in [0.15, 0.2) is 5.60 Å². The number of cyclic esters (lactones) is 1. The molecule has 0 radical (unpaired) electrons. The quantitative estimate of drug-likeness (QED) is 0.439. The summed E-state index contributed by atoms with van der Waals surface area (Å²) in [7, 11) is 0. The van der Waals surface area contributed by atoms with E-state index in [1.807, 2.05) is 0 Å². The molecule has 0 aliphatic carbocycles. The van der Waals surface area contributed by atoms with Crippen molar-refractivity contribution in [2.24, 2.45) is 0 Å². The third-order valence-electron chi connectivity index (χ3n) is 1.72. The molecule has 1 aliphatic heterocycles. The Morgan fingerprint density at radius 1 is 1.75 bits per heavy atom. The minimum Gasteiger partial charge on any atom is -0.463 e. The topological polar surface area (TPSA) is 66.8 Å². The highest BCUT2D eigenvalue weighted by Gasteiger charge is 2.40. The van der Waals surface area contributed by atoms with Crippen LogP contribution < -0.4 is 0 Å². The molecule has 68 valence electrons. The zero-order chi connectivity index (χ0) is 9.19. The molecule has 2 atom stereocenters. The Labute approximate surface area is 70.5 Å². The van der Waals surface area contributed by atoms with Crippen molar-refractivity contribution in [3.63, 3.8) is 0 Å². The van der Waals surface area contributed by atoms with Crippen LogP contribution in [-0.2, 0) is 9.53 Å². The van der Waals surface area contributed by atoms with Gasteiger partial charge in [0, 0.05) is 6.42 Å². The van der Waals surface area contributed by atoms with Gasteiger partial charge in [-0.05, 0) is 13.0 Å². The van der Waals surface area contributed by atoms with Crippen molar-refractivity contribution in [1.82, 2.24) is 0 Å². The summed E-state index contributed by atoms with van der Waals surface area (Å²) < 4.78 is 4.58. The third kappa shape index (κ3) is 1.84. The van der Waals surface area contributed by atoms with Crippen molar-refractivity contribution < 1.29 is 19.7 Å². The van der Waals surface area contributed by atoms with Crippen LogP contribution in [0.25, 0.3) is 0 Å². The number of hydrogen-bond acceptors (Lipinski definition) is 4. The average Bonchev–Trinajstić information content (AvgIpc) is 2.30. The van der Waals surface area contributed by atoms with Crippen molar-refractivity contribution in [2.75, 3.05) is 6.61 Å². The van der Waals surface area contributed by atoms with E-state index in [0.717, 1.165) is 0 Å². The van der Waals surface area contributed by atoms with Crippen LogP contribution in [0.5, 0.6) is 0 Å². The fourth-order valence-electron chi connectivity index (χ4n) is 0.976. The summed E-state index contributed by atoms with van der Waals surface area (Å²) in [5, 5.41) is 18.4. The summed E-state index contributed by atoms with van der Waals surface area (Å²) in [6.07, 6.45) is 2.25. The Hall–Kier alpha value is -0.870. The van der Waals surface area contributed by atoms with Crippen molar-refractivity contribution in [3.8, 4) is 0 Å². The van der Waals surface area contributed by atoms with Gasteiger partial charge >= 0.3 is 5.97 Å². The number of rotatable bonds is 2. The fourth-order valence-corrected chi connectivity index (χ4v) is 0.976. The SMILES string of the molecule is C[C@@H](O)/C=C/[C@@]1(O)CCOC1=O. The number of aliphatic hydroxyl groups excluding tert-OH is 1. The molecular formula is C8H12O4. The number of carbonyl (C=O) groups excluding carboxylic acids is 1. The Kier molecular flexibility index (Phi) is 2.49. The number of esters is 1. The van der Waals surface area contributed by atoms with Crippen LogP contribution in [0.2, 0.25) is 0 Å². The molecule has 0 saturated carbocycles. The van der Waals surface area contributed by atoms with Gasteiger partial charge in [0.2, 0.25) is 0 Å². The van der Waals surface area contributed by atoms with E-state index in [9.17, 15) is 9.90 Å². The summed E-state index contributed by atoms with van der Waals surface area (Å²) in [5.74, 6) is -0.639. The van der Waals surface area contributed by atoms with Crippen molar-refractivity contribution >= 4 is 5.97 Å². The fraction of sp³-hybridized carbons (Fsp3) is 0.625. The van der Waals surface area contributed by atoms with Gasteiger partial charge in [0.1, 0.15) is 0 Å². The molecule has 12 heavy (non-hydrogen) atoms. The maximum atomic E-state index is 10.9. The molecule has 0 spiro atoms. The second-order valence-electron chi connectivity index (χ2n) is 2.91. The second kappa shape index (κ2) is 3.25. The van der Waals surface area contributed by atoms with Crippen LogP contribution in [0.3, 0.4) is 0 Å². The first-order valence-electron chi connectivity index (χ1n) is 3.81. The Balaban J connectivity index is 2.65. The summed E-state index contributed by atoms with van der Waals surface area (Å²) in [4.78, 5) is 10.9. The Morgan fingerprint density at radius 3 is 2.83 bits per heavy atom. The molecule has 0 aromatic heterocycles. The first-order chi connectivity index (χ1) is 5.54. The van der Waals surface area contributed by atoms with Crippen LogP contribution in [0.4, 0.5) is 0 Å². The zero-order valence-electron chi connectivity index (χ0n) is 6.86. The van der Waals surface area contributed by atoms with Crippen LogP contribution in [0, 0.1) is 0 Å². The number of ether oxygens (including phenoxy) is 1. The van der Waals surface area contributed by atoms with E-state index in [1.54, 1.807) is 6.92 Å². The van der Waals surface area contributed by atoms with Gasteiger partial charge in [-0.2, -0.15) is 0 Å². The minimum absolute atomic E-state index is 0.236. The third-order valence-corrected chi connectivity index (χ3v) is 1.72. The summed E-state index contributed by atoms with van der Waals surface area (Å²) in [6, 6.07) is 0. The van der Waals surface area contributed by atoms with Crippen LogP contribution in [0.1, 0.15) is 13.3 Å². The lowest BCUT2D eigenvalue weighted by Crippen LogP contribution is -2.31. The van der Waals surface area contributed by atoms with Gasteiger partial charge in [-0.3, -0.25) is 0 Å². The molecule has 0 amide bonds. The summed E-state index contributed by atoms with van der Waals surface area (Å²) in [6.45, 7) is 1.78. The molecule has 0 aromatic carbocycles. The minimum atomic E-state index is -1.52. The van der Waals surface area contributed by atoms with E-state index >= 15 is 0 Å². The standard InChI is InChI=1S/C8H12O4/c1-6(9)2-3-8(11)4-5-12-7(8)10/h2-3,6,9,11H,4-5H2,1H3/b3-2+/t6-,8-/m1/s1. The molecule has 4 nitrogen and oxygen atoms in total. The maximum absolute atomic E-state index is 10.9. The van der Waals surface area contributed by atoms with E-state index in [2.05, 4.69) is 4.74 Å². The van der Waals surface area contributed by atoms with Crippen molar-refractivity contribution in [1.29, 1.82) is 0 Å². The van der Waals surface area contributed by atoms with E-state index in [4.69, 9.17) is 5.11 Å². The van der Waals surface area contributed by atoms with Gasteiger partial charge in [0.25, 0.3) is 0 Å². The molecule has 0 bridgehead atoms. The molecule has 1 saturated heterocycles. The first-order valence-corrected chi connectivity index (χ1v) is 3.81. The van der Waals surface area contributed by atoms with E-state index in [-0.39, 0.29) is 13.0 Å². The normalized spacial score (nSPS) is 32.4. The maximum Gasteiger partial charge on any atom is 0.342 e. The average molecular weight is 172 g/mol. The lowest BCUT2D eigenvalue weighted by Gasteiger charge is -2.11. The van der Waals surface area contributed by atoms with E-state index < -0.39 is 17.7 Å². The van der Waals surface area contributed by atoms with Gasteiger partial charge in [-0.25, -0.2) is 4.79 Å². The largest absolute Gasteiger partial charge is 0.463 e. The van der Waals surface area contributed by atoms with E-state index in [1.165, 1.54) is 12.2 Å². The first kappa shape index (κ1) is 9.22. The van der Waals surface area contributed by atoms with Gasteiger partial charge in [-0.15, -0.1) is 0 Å². The Bertz CT molecular complexity index is 209. The lowest BCUT2D eigenvalue weighted by molar-refractivity contribution is -0.149. The molecule has 1 rings (SSSR count). The van der Waals surface area contributed by atoms with Gasteiger partial charge < -0.3 is 14.9 Å². The highest BCUT2D eigenvalue weighted by molar-refractivity contribution is 5.83. The molecule has 0 aromatic rings. The smallest absolute Gasteiger partial charge is 0.342 e. The molecule has 4 heteroatoms. The van der Waals surface area contributed by atoms with Gasteiger partial charge in [-0.1, -0.05) is 6.08 Å². The molecule has 1 heterocycles. The molecule has 1 fully saturated rings. The second-order valence-corrected chi connectivity index (χ2v) is 2.91. The number of aliphatic hydroxyl groups is 2. The highest BCUT2D eigenvalue weighted by atomic mass is 16.6. The van der Waals surface area contributed by atoms with Gasteiger partial charge in [0.05, 0.1) is 12.7 Å². The van der Waals surface area contributed by atoms with Crippen molar-refractivity contribution in [2.45, 2.75) is 25.0 Å². The highest BCUT2D eigenvalue weighted by Crippen LogP contribution is 2.21. The summed E-state index contributed by atoms with van der Waals surface area (Å²) in [5.41, 5.74) is -1.52. The van der Waals surface area contributed by atoms with E-state index in [0.29, 0.717) is 0 Å². The van der Waals surface area contributed by atoms with Crippen LogP contribution >= 0.6 is 0 Å². The number of hydrogen-bond donors (Lipinski definition) is 2. The number of carbonyl (C=O) groups is 1. The van der Waals surface area contributed by atoms with Crippen LogP contribution in [-0.4, -0.2) is 34.5 Å². The molecular weight excluding hydrogens is 160 g/mol. The molecule has 2 N–H and O–H groups in total. The zero-order valence-corrected chi connectivity index (χ0v) is 6.86. The molecule has 1 aliphatic rings. The predicted molar refractivity (Wildman–Crippen MR) is 41.3 cm³/mol. The predicted octanol–water partition coefficient (Wildman–Crippen LogP) is -0.399. The molecule has 0 unspecified atom stereocenters. The Morgan fingerprint density at radius 2 is 2.42 bits per heavy atom. The van der Waals surface area contributed by atoms with Crippen LogP contribution in [0.15, 0.2) is 12.2 Å². The monoisotopic (exact) mass is 172 g/mol. The lowest BCUT2D eigenvalue weighted by atomic mass is 10.0. The summed E-state index contributed by atoms with van der Waals surface area (Å²) >= 11 is 0. The van der Waals surface area contributed by atoms with Crippen molar-refractivity contribution in [3.05, 3.63) is 12.2 Å².